The van der Waals surface area contributed by atoms with Gasteiger partial charge < -0.3 is 10.6 Å². The molecule has 3 rings (SSSR count). The van der Waals surface area contributed by atoms with Crippen molar-refractivity contribution in [3.63, 3.8) is 0 Å². The zero-order valence-electron chi connectivity index (χ0n) is 9.02. The van der Waals surface area contributed by atoms with Crippen molar-refractivity contribution in [3.8, 4) is 0 Å². The molecule has 3 aliphatic rings. The first-order chi connectivity index (χ1) is 7.34. The Labute approximate surface area is 91.1 Å². The minimum absolute atomic E-state index is 0.377. The number of fused-ring (bicyclic) bond motifs is 2. The maximum atomic E-state index is 6.06. The van der Waals surface area contributed by atoms with Crippen molar-refractivity contribution in [2.45, 2.75) is 25.3 Å². The topological polar surface area (TPSA) is 29.3 Å². The zero-order chi connectivity index (χ0) is 10.3. The Kier molecular flexibility index (Phi) is 2.17. The summed E-state index contributed by atoms with van der Waals surface area (Å²) in [4.78, 5) is 2.54. The molecule has 0 spiro atoms. The van der Waals surface area contributed by atoms with Crippen molar-refractivity contribution >= 4 is 0 Å². The Bertz CT molecular complexity index is 352. The highest BCUT2D eigenvalue weighted by Gasteiger charge is 2.29. The number of hydrogen-bond acceptors (Lipinski definition) is 2. The van der Waals surface area contributed by atoms with Crippen molar-refractivity contribution in [3.05, 3.63) is 35.6 Å². The minimum Gasteiger partial charge on any atom is -0.374 e. The van der Waals surface area contributed by atoms with Gasteiger partial charge in [0.2, 0.25) is 0 Å². The van der Waals surface area contributed by atoms with E-state index in [1.54, 1.807) is 0 Å². The third kappa shape index (κ3) is 1.53. The van der Waals surface area contributed by atoms with Crippen molar-refractivity contribution in [2.75, 3.05) is 13.1 Å². The second kappa shape index (κ2) is 3.53. The predicted octanol–water partition coefficient (Wildman–Crippen LogP) is 1.81. The first-order valence-corrected chi connectivity index (χ1v) is 5.93. The van der Waals surface area contributed by atoms with Crippen molar-refractivity contribution < 1.29 is 0 Å². The van der Waals surface area contributed by atoms with Gasteiger partial charge >= 0.3 is 0 Å². The van der Waals surface area contributed by atoms with Gasteiger partial charge in [0.1, 0.15) is 0 Å². The van der Waals surface area contributed by atoms with Crippen LogP contribution in [0.15, 0.2) is 35.6 Å². The zero-order valence-corrected chi connectivity index (χ0v) is 9.02. The van der Waals surface area contributed by atoms with Crippen LogP contribution < -0.4 is 5.73 Å². The lowest BCUT2D eigenvalue weighted by atomic mass is 9.83. The van der Waals surface area contributed by atoms with E-state index >= 15 is 0 Å². The summed E-state index contributed by atoms with van der Waals surface area (Å²) in [6.45, 7) is 2.37. The fourth-order valence-electron chi connectivity index (χ4n) is 2.92. The van der Waals surface area contributed by atoms with Crippen molar-refractivity contribution in [1.29, 1.82) is 0 Å². The lowest BCUT2D eigenvalue weighted by molar-refractivity contribution is 0.241. The third-order valence-corrected chi connectivity index (χ3v) is 3.78. The number of nitrogens with two attached hydrogens (primary N) is 1. The van der Waals surface area contributed by atoms with Gasteiger partial charge in [0.15, 0.2) is 0 Å². The van der Waals surface area contributed by atoms with Crippen LogP contribution in [0.3, 0.4) is 0 Å². The summed E-state index contributed by atoms with van der Waals surface area (Å²) >= 11 is 0. The van der Waals surface area contributed by atoms with Gasteiger partial charge in [-0.25, -0.2) is 0 Å². The summed E-state index contributed by atoms with van der Waals surface area (Å²) in [6, 6.07) is 0.377. The van der Waals surface area contributed by atoms with Gasteiger partial charge in [0.05, 0.1) is 0 Å². The van der Waals surface area contributed by atoms with Crippen LogP contribution in [0.25, 0.3) is 0 Å². The monoisotopic (exact) mass is 202 g/mol. The quantitative estimate of drug-likeness (QED) is 0.649. The van der Waals surface area contributed by atoms with Gasteiger partial charge in [-0.15, -0.1) is 0 Å². The molecular weight excluding hydrogens is 184 g/mol. The highest BCUT2D eigenvalue weighted by atomic mass is 15.2. The van der Waals surface area contributed by atoms with E-state index in [9.17, 15) is 0 Å². The molecule has 0 amide bonds. The molecule has 1 fully saturated rings. The molecule has 1 saturated heterocycles. The Morgan fingerprint density at radius 3 is 3.00 bits per heavy atom. The molecule has 2 aliphatic heterocycles. The maximum Gasteiger partial charge on any atom is 0.0189 e. The molecule has 0 aromatic heterocycles. The second-order valence-corrected chi connectivity index (χ2v) is 4.78. The molecule has 1 aliphatic carbocycles. The van der Waals surface area contributed by atoms with Gasteiger partial charge in [-0.05, 0) is 18.4 Å². The number of rotatable bonds is 0. The summed E-state index contributed by atoms with van der Waals surface area (Å²) in [7, 11) is 0. The van der Waals surface area contributed by atoms with E-state index in [-0.39, 0.29) is 0 Å². The minimum atomic E-state index is 0.377. The molecule has 0 unspecified atom stereocenters. The lowest BCUT2D eigenvalue weighted by Crippen LogP contribution is -2.42. The molecule has 0 saturated carbocycles. The van der Waals surface area contributed by atoms with Crippen LogP contribution in [0.2, 0.25) is 0 Å². The maximum absolute atomic E-state index is 6.06. The van der Waals surface area contributed by atoms with E-state index in [1.807, 2.05) is 0 Å². The standard InChI is InChI=1S/C13H18N2/c14-11-6-8-15-7-5-10-3-1-2-4-12(10)13(15)9-11/h1-4,10-11H,5-9,14H2/t10-,11+/m1/s1. The van der Waals surface area contributed by atoms with Crippen LogP contribution >= 0.6 is 0 Å². The van der Waals surface area contributed by atoms with Crippen molar-refractivity contribution in [1.82, 2.24) is 4.90 Å². The summed E-state index contributed by atoms with van der Waals surface area (Å²) < 4.78 is 0. The summed E-state index contributed by atoms with van der Waals surface area (Å²) in [6.07, 6.45) is 12.4. The molecule has 2 heteroatoms. The van der Waals surface area contributed by atoms with Crippen LogP contribution in [-0.4, -0.2) is 24.0 Å². The Balaban J connectivity index is 1.98. The molecule has 2 heterocycles. The first-order valence-electron chi connectivity index (χ1n) is 5.93. The van der Waals surface area contributed by atoms with Gasteiger partial charge in [-0.3, -0.25) is 0 Å². The molecule has 15 heavy (non-hydrogen) atoms. The Morgan fingerprint density at radius 1 is 1.20 bits per heavy atom. The lowest BCUT2D eigenvalue weighted by Gasteiger charge is -2.41. The van der Waals surface area contributed by atoms with E-state index in [0.29, 0.717) is 12.0 Å². The van der Waals surface area contributed by atoms with E-state index in [4.69, 9.17) is 5.73 Å². The van der Waals surface area contributed by atoms with Gasteiger partial charge in [0, 0.05) is 37.2 Å². The normalized spacial score (nSPS) is 34.1. The number of hydrogen-bond donors (Lipinski definition) is 1. The van der Waals surface area contributed by atoms with Gasteiger partial charge in [-0.2, -0.15) is 0 Å². The highest BCUT2D eigenvalue weighted by molar-refractivity contribution is 5.38. The van der Waals surface area contributed by atoms with Gasteiger partial charge in [0.25, 0.3) is 0 Å². The SMILES string of the molecule is N[C@H]1CCN2CC[C@H]3C=CC=CC3=C2C1. The number of piperidine rings is 1. The van der Waals surface area contributed by atoms with Gasteiger partial charge in [-0.1, -0.05) is 24.3 Å². The fourth-order valence-corrected chi connectivity index (χ4v) is 2.92. The molecule has 2 atom stereocenters. The molecule has 0 aromatic carbocycles. The van der Waals surface area contributed by atoms with Crippen molar-refractivity contribution in [2.24, 2.45) is 11.7 Å². The van der Waals surface area contributed by atoms with E-state index in [1.165, 1.54) is 24.2 Å². The van der Waals surface area contributed by atoms with Crippen LogP contribution in [-0.2, 0) is 0 Å². The summed E-state index contributed by atoms with van der Waals surface area (Å²) in [5.74, 6) is 0.659. The predicted molar refractivity (Wildman–Crippen MR) is 62.2 cm³/mol. The molecule has 2 nitrogen and oxygen atoms in total. The Morgan fingerprint density at radius 2 is 2.07 bits per heavy atom. The van der Waals surface area contributed by atoms with E-state index in [2.05, 4.69) is 29.2 Å². The molecule has 0 aromatic rings. The van der Waals surface area contributed by atoms with Crippen LogP contribution in [0.5, 0.6) is 0 Å². The third-order valence-electron chi connectivity index (χ3n) is 3.78. The summed E-state index contributed by atoms with van der Waals surface area (Å²) in [5.41, 5.74) is 9.11. The fraction of sp³-hybridized carbons (Fsp3) is 0.538. The average molecular weight is 202 g/mol. The highest BCUT2D eigenvalue weighted by Crippen LogP contribution is 2.35. The first kappa shape index (κ1) is 9.22. The molecule has 2 N–H and O–H groups in total. The largest absolute Gasteiger partial charge is 0.374 e. The average Bonchev–Trinajstić information content (AvgIpc) is 2.29. The van der Waals surface area contributed by atoms with E-state index in [0.717, 1.165) is 19.4 Å². The van der Waals surface area contributed by atoms with E-state index < -0.39 is 0 Å². The number of nitrogens with zero attached hydrogens (tertiary/aromatic N) is 1. The molecular formula is C13H18N2. The molecule has 80 valence electrons. The molecule has 0 bridgehead atoms. The second-order valence-electron chi connectivity index (χ2n) is 4.78. The number of allylic oxidation sites excluding steroid dienone is 5. The molecule has 0 radical (unpaired) electrons. The van der Waals surface area contributed by atoms with Crippen LogP contribution in [0.1, 0.15) is 19.3 Å². The van der Waals surface area contributed by atoms with Crippen LogP contribution in [0.4, 0.5) is 0 Å². The van der Waals surface area contributed by atoms with Crippen LogP contribution in [0, 0.1) is 5.92 Å². The smallest absolute Gasteiger partial charge is 0.0189 e. The summed E-state index contributed by atoms with van der Waals surface area (Å²) in [5, 5.41) is 0. The Hall–Kier alpha value is -1.02.